The fraction of sp³-hybridized carbons (Fsp3) is 0.500. The van der Waals surface area contributed by atoms with Gasteiger partial charge in [-0.05, 0) is 6.92 Å². The molecule has 0 saturated heterocycles. The van der Waals surface area contributed by atoms with Gasteiger partial charge in [0.15, 0.2) is 0 Å². The Morgan fingerprint density at radius 3 is 1.38 bits per heavy atom. The summed E-state index contributed by atoms with van der Waals surface area (Å²) in [5.74, 6) is 0. The zero-order valence-corrected chi connectivity index (χ0v) is 4.92. The fourth-order valence-corrected chi connectivity index (χ4v) is 0. The first-order valence-corrected chi connectivity index (χ1v) is 2.91. The zero-order valence-electron chi connectivity index (χ0n) is 4.10. The Labute approximate surface area is 46.9 Å². The van der Waals surface area contributed by atoms with E-state index in [1.165, 1.54) is 6.92 Å². The summed E-state index contributed by atoms with van der Waals surface area (Å²) in [6, 6.07) is 0. The minimum atomic E-state index is -4.67. The van der Waals surface area contributed by atoms with Crippen LogP contribution in [0.3, 0.4) is 0 Å². The molecule has 0 aromatic rings. The van der Waals surface area contributed by atoms with Gasteiger partial charge < -0.3 is 4.79 Å². The van der Waals surface area contributed by atoms with Gasteiger partial charge >= 0.3 is 10.4 Å². The average molecular weight is 142 g/mol. The number of carbonyl (C=O) groups excluding carboxylic acids is 1. The van der Waals surface area contributed by atoms with Gasteiger partial charge in [0.1, 0.15) is 6.29 Å². The highest BCUT2D eigenvalue weighted by Crippen LogP contribution is 1.59. The van der Waals surface area contributed by atoms with Crippen LogP contribution in [0.4, 0.5) is 0 Å². The van der Waals surface area contributed by atoms with Crippen molar-refractivity contribution in [1.29, 1.82) is 0 Å². The van der Waals surface area contributed by atoms with Crippen LogP contribution in [0.25, 0.3) is 0 Å². The number of carbonyl (C=O) groups is 1. The molecule has 0 rings (SSSR count). The van der Waals surface area contributed by atoms with Crippen molar-refractivity contribution < 1.29 is 22.3 Å². The maximum absolute atomic E-state index is 8.81. The molecule has 50 valence electrons. The van der Waals surface area contributed by atoms with Crippen LogP contribution >= 0.6 is 0 Å². The van der Waals surface area contributed by atoms with Crippen LogP contribution in [0.1, 0.15) is 6.92 Å². The molecule has 0 aliphatic heterocycles. The van der Waals surface area contributed by atoms with Crippen molar-refractivity contribution in [1.82, 2.24) is 0 Å². The first kappa shape index (κ1) is 10.5. The quantitative estimate of drug-likeness (QED) is 0.353. The first-order chi connectivity index (χ1) is 3.41. The van der Waals surface area contributed by atoms with Gasteiger partial charge in [0.25, 0.3) is 0 Å². The predicted octanol–water partition coefficient (Wildman–Crippen LogP) is -0.448. The third-order valence-electron chi connectivity index (χ3n) is 0. The summed E-state index contributed by atoms with van der Waals surface area (Å²) < 4.78 is 31.6. The molecule has 0 aromatic carbocycles. The molecule has 0 aromatic heterocycles. The Hall–Kier alpha value is -0.460. The zero-order chi connectivity index (χ0) is 7.21. The van der Waals surface area contributed by atoms with Crippen molar-refractivity contribution in [3.05, 3.63) is 0 Å². The SMILES string of the molecule is CC=O.O=S(=O)(O)O. The van der Waals surface area contributed by atoms with E-state index in [2.05, 4.69) is 0 Å². The van der Waals surface area contributed by atoms with E-state index in [4.69, 9.17) is 22.3 Å². The lowest BCUT2D eigenvalue weighted by molar-refractivity contribution is -0.106. The van der Waals surface area contributed by atoms with E-state index in [9.17, 15) is 0 Å². The van der Waals surface area contributed by atoms with Crippen LogP contribution in [-0.4, -0.2) is 23.8 Å². The number of hydrogen-bond donors (Lipinski definition) is 2. The van der Waals surface area contributed by atoms with Crippen molar-refractivity contribution in [3.8, 4) is 0 Å². The molecule has 0 atom stereocenters. The lowest BCUT2D eigenvalue weighted by atomic mass is 11.0. The Morgan fingerprint density at radius 1 is 1.38 bits per heavy atom. The molecule has 0 heterocycles. The molecule has 0 amide bonds. The summed E-state index contributed by atoms with van der Waals surface area (Å²) in [5, 5.41) is 0. The molecule has 0 unspecified atom stereocenters. The molecule has 5 nitrogen and oxygen atoms in total. The van der Waals surface area contributed by atoms with Gasteiger partial charge in [-0.25, -0.2) is 0 Å². The molecule has 6 heteroatoms. The van der Waals surface area contributed by atoms with Gasteiger partial charge in [-0.1, -0.05) is 0 Å². The molecule has 0 aliphatic rings. The van der Waals surface area contributed by atoms with Crippen LogP contribution in [0, 0.1) is 0 Å². The normalized spacial score (nSPS) is 8.88. The van der Waals surface area contributed by atoms with E-state index in [0.29, 0.717) is 0 Å². The summed E-state index contributed by atoms with van der Waals surface area (Å²) in [4.78, 5) is 8.81. The van der Waals surface area contributed by atoms with E-state index < -0.39 is 10.4 Å². The highest BCUT2D eigenvalue weighted by Gasteiger charge is 1.84. The molecule has 0 radical (unpaired) electrons. The molecule has 8 heavy (non-hydrogen) atoms. The van der Waals surface area contributed by atoms with Crippen molar-refractivity contribution in [3.63, 3.8) is 0 Å². The van der Waals surface area contributed by atoms with Gasteiger partial charge in [0.2, 0.25) is 0 Å². The minimum absolute atomic E-state index is 0.750. The summed E-state index contributed by atoms with van der Waals surface area (Å²) >= 11 is 0. The maximum Gasteiger partial charge on any atom is 0.394 e. The van der Waals surface area contributed by atoms with Crippen LogP contribution < -0.4 is 0 Å². The number of aldehydes is 1. The molecule has 0 fully saturated rings. The summed E-state index contributed by atoms with van der Waals surface area (Å²) in [7, 11) is -4.67. The highest BCUT2D eigenvalue weighted by molar-refractivity contribution is 7.79. The second kappa shape index (κ2) is 4.69. The van der Waals surface area contributed by atoms with E-state index >= 15 is 0 Å². The monoisotopic (exact) mass is 142 g/mol. The van der Waals surface area contributed by atoms with Gasteiger partial charge in [-0.2, -0.15) is 8.42 Å². The Bertz CT molecular complexity index is 125. The smallest absolute Gasteiger partial charge is 0.304 e. The Kier molecular flexibility index (Phi) is 6.16. The number of hydrogen-bond acceptors (Lipinski definition) is 3. The first-order valence-electron chi connectivity index (χ1n) is 1.51. The second-order valence-corrected chi connectivity index (χ2v) is 1.58. The molecule has 2 N–H and O–H groups in total. The van der Waals surface area contributed by atoms with Crippen LogP contribution in [0.15, 0.2) is 0 Å². The van der Waals surface area contributed by atoms with Crippen molar-refractivity contribution in [2.75, 3.05) is 0 Å². The average Bonchev–Trinajstić information content (AvgIpc) is 1.27. The van der Waals surface area contributed by atoms with E-state index in [1.54, 1.807) is 0 Å². The maximum atomic E-state index is 8.81. The Morgan fingerprint density at radius 2 is 1.38 bits per heavy atom. The second-order valence-electron chi connectivity index (χ2n) is 0.684. The summed E-state index contributed by atoms with van der Waals surface area (Å²) in [5.41, 5.74) is 0. The van der Waals surface area contributed by atoms with Crippen molar-refractivity contribution in [2.45, 2.75) is 6.92 Å². The molecule has 0 aliphatic carbocycles. The summed E-state index contributed by atoms with van der Waals surface area (Å²) in [6.07, 6.45) is 0.750. The predicted molar refractivity (Wildman–Crippen MR) is 25.9 cm³/mol. The Balaban J connectivity index is 0. The van der Waals surface area contributed by atoms with Gasteiger partial charge in [0, 0.05) is 0 Å². The fourth-order valence-electron chi connectivity index (χ4n) is 0. The minimum Gasteiger partial charge on any atom is -0.304 e. The van der Waals surface area contributed by atoms with Crippen LogP contribution in [0.2, 0.25) is 0 Å². The van der Waals surface area contributed by atoms with Gasteiger partial charge in [-0.15, -0.1) is 0 Å². The van der Waals surface area contributed by atoms with E-state index in [0.717, 1.165) is 6.29 Å². The topological polar surface area (TPSA) is 91.7 Å². The van der Waals surface area contributed by atoms with Gasteiger partial charge in [-0.3, -0.25) is 9.11 Å². The van der Waals surface area contributed by atoms with E-state index in [1.807, 2.05) is 0 Å². The largest absolute Gasteiger partial charge is 0.394 e. The van der Waals surface area contributed by atoms with Crippen molar-refractivity contribution in [2.24, 2.45) is 0 Å². The van der Waals surface area contributed by atoms with Crippen LogP contribution in [-0.2, 0) is 15.2 Å². The lowest BCUT2D eigenvalue weighted by Gasteiger charge is -1.68. The highest BCUT2D eigenvalue weighted by atomic mass is 32.3. The van der Waals surface area contributed by atoms with Crippen molar-refractivity contribution >= 4 is 16.7 Å². The molecule has 0 spiro atoms. The standard InChI is InChI=1S/C2H4O.H2O4S/c1-2-3;1-5(2,3)4/h2H,1H3;(H2,1,2,3,4). The third kappa shape index (κ3) is 540. The lowest BCUT2D eigenvalue weighted by Crippen LogP contribution is -1.89. The van der Waals surface area contributed by atoms with Gasteiger partial charge in [0.05, 0.1) is 0 Å². The van der Waals surface area contributed by atoms with Crippen LogP contribution in [0.5, 0.6) is 0 Å². The molecule has 0 saturated carbocycles. The summed E-state index contributed by atoms with van der Waals surface area (Å²) in [6.45, 7) is 1.44. The molecule has 0 bridgehead atoms. The molecular formula is C2H6O5S. The van der Waals surface area contributed by atoms with E-state index in [-0.39, 0.29) is 0 Å². The third-order valence-corrected chi connectivity index (χ3v) is 0. The molecular weight excluding hydrogens is 136 g/mol. The number of rotatable bonds is 0.